The summed E-state index contributed by atoms with van der Waals surface area (Å²) in [6.45, 7) is 9.51. The van der Waals surface area contributed by atoms with Gasteiger partial charge in [-0.25, -0.2) is 4.98 Å². The molecule has 134 valence electrons. The number of piperazine rings is 1. The highest BCUT2D eigenvalue weighted by Gasteiger charge is 2.23. The third-order valence-corrected chi connectivity index (χ3v) is 5.18. The van der Waals surface area contributed by atoms with E-state index in [0.29, 0.717) is 11.7 Å². The van der Waals surface area contributed by atoms with Crippen LogP contribution in [0.5, 0.6) is 0 Å². The van der Waals surface area contributed by atoms with Crippen LogP contribution in [0.25, 0.3) is 10.8 Å². The van der Waals surface area contributed by atoms with Gasteiger partial charge in [-0.1, -0.05) is 49.7 Å². The van der Waals surface area contributed by atoms with Gasteiger partial charge in [-0.05, 0) is 24.5 Å². The molecule has 0 N–H and O–H groups in total. The number of likely N-dealkylation sites (N-methyl/N-ethyl adjacent to an activating group) is 1. The van der Waals surface area contributed by atoms with Crippen molar-refractivity contribution in [3.63, 3.8) is 0 Å². The minimum absolute atomic E-state index is 0.216. The van der Waals surface area contributed by atoms with Crippen LogP contribution in [0.15, 0.2) is 30.3 Å². The lowest BCUT2D eigenvalue weighted by Crippen LogP contribution is -2.51. The summed E-state index contributed by atoms with van der Waals surface area (Å²) in [4.78, 5) is 23.3. The standard InChI is InChI=1S/C19H25ClN4O/c1-3-22(4-2)14-18(25)24-11-9-23(10-12-24)17-13-15-7-5-6-8-16(15)19(20)21-17/h5-8,13H,3-4,9-12,14H2,1-2H3. The second-order valence-corrected chi connectivity index (χ2v) is 6.68. The van der Waals surface area contributed by atoms with Gasteiger partial charge >= 0.3 is 0 Å². The number of anilines is 1. The molecule has 3 rings (SSSR count). The molecule has 1 aromatic heterocycles. The summed E-state index contributed by atoms with van der Waals surface area (Å²) in [5, 5.41) is 2.60. The number of amides is 1. The van der Waals surface area contributed by atoms with Crippen LogP contribution in [0.3, 0.4) is 0 Å². The molecule has 1 aliphatic heterocycles. The van der Waals surface area contributed by atoms with E-state index < -0.39 is 0 Å². The van der Waals surface area contributed by atoms with Crippen LogP contribution < -0.4 is 4.90 Å². The van der Waals surface area contributed by atoms with Gasteiger partial charge in [-0.2, -0.15) is 0 Å². The molecule has 5 nitrogen and oxygen atoms in total. The number of pyridine rings is 1. The SMILES string of the molecule is CCN(CC)CC(=O)N1CCN(c2cc3ccccc3c(Cl)n2)CC1. The lowest BCUT2D eigenvalue weighted by molar-refractivity contribution is -0.132. The van der Waals surface area contributed by atoms with Crippen molar-refractivity contribution >= 4 is 34.1 Å². The van der Waals surface area contributed by atoms with E-state index in [-0.39, 0.29) is 5.91 Å². The Kier molecular flexibility index (Phi) is 5.76. The Morgan fingerprint density at radius 3 is 2.52 bits per heavy atom. The fourth-order valence-electron chi connectivity index (χ4n) is 3.23. The van der Waals surface area contributed by atoms with Gasteiger partial charge in [0.2, 0.25) is 5.91 Å². The summed E-state index contributed by atoms with van der Waals surface area (Å²) in [7, 11) is 0. The first-order valence-corrected chi connectivity index (χ1v) is 9.30. The van der Waals surface area contributed by atoms with Gasteiger partial charge in [0.15, 0.2) is 0 Å². The molecular weight excluding hydrogens is 336 g/mol. The molecule has 0 aliphatic carbocycles. The molecule has 0 saturated carbocycles. The van der Waals surface area contributed by atoms with Crippen LogP contribution >= 0.6 is 11.6 Å². The second kappa shape index (κ2) is 8.02. The molecule has 0 spiro atoms. The van der Waals surface area contributed by atoms with E-state index in [1.807, 2.05) is 23.1 Å². The monoisotopic (exact) mass is 360 g/mol. The number of aromatic nitrogens is 1. The number of fused-ring (bicyclic) bond motifs is 1. The number of carbonyl (C=O) groups excluding carboxylic acids is 1. The van der Waals surface area contributed by atoms with E-state index in [1.54, 1.807) is 0 Å². The van der Waals surface area contributed by atoms with Crippen LogP contribution in [0.4, 0.5) is 5.82 Å². The maximum absolute atomic E-state index is 12.4. The van der Waals surface area contributed by atoms with Crippen LogP contribution in [-0.4, -0.2) is 66.5 Å². The normalized spacial score (nSPS) is 15.2. The Hall–Kier alpha value is -1.85. The predicted molar refractivity (Wildman–Crippen MR) is 103 cm³/mol. The molecule has 0 unspecified atom stereocenters. The third-order valence-electron chi connectivity index (χ3n) is 4.89. The van der Waals surface area contributed by atoms with Crippen molar-refractivity contribution in [2.45, 2.75) is 13.8 Å². The Morgan fingerprint density at radius 2 is 1.84 bits per heavy atom. The summed E-state index contributed by atoms with van der Waals surface area (Å²) in [5.74, 6) is 1.10. The molecule has 6 heteroatoms. The number of hydrogen-bond acceptors (Lipinski definition) is 4. The first kappa shape index (κ1) is 18.0. The van der Waals surface area contributed by atoms with Gasteiger partial charge in [-0.3, -0.25) is 9.69 Å². The van der Waals surface area contributed by atoms with Crippen molar-refractivity contribution in [1.82, 2.24) is 14.8 Å². The number of carbonyl (C=O) groups is 1. The zero-order valence-electron chi connectivity index (χ0n) is 14.9. The number of nitrogens with zero attached hydrogens (tertiary/aromatic N) is 4. The minimum atomic E-state index is 0.216. The van der Waals surface area contributed by atoms with Gasteiger partial charge < -0.3 is 9.80 Å². The topological polar surface area (TPSA) is 39.7 Å². The van der Waals surface area contributed by atoms with Gasteiger partial charge in [-0.15, -0.1) is 0 Å². The van der Waals surface area contributed by atoms with Crippen LogP contribution in [-0.2, 0) is 4.79 Å². The molecule has 0 radical (unpaired) electrons. The smallest absolute Gasteiger partial charge is 0.236 e. The lowest BCUT2D eigenvalue weighted by atomic mass is 10.1. The fourth-order valence-corrected chi connectivity index (χ4v) is 3.49. The quantitative estimate of drug-likeness (QED) is 0.769. The first-order valence-electron chi connectivity index (χ1n) is 8.92. The molecule has 25 heavy (non-hydrogen) atoms. The summed E-state index contributed by atoms with van der Waals surface area (Å²) in [5.41, 5.74) is 0. The highest BCUT2D eigenvalue weighted by Crippen LogP contribution is 2.26. The fraction of sp³-hybridized carbons (Fsp3) is 0.474. The van der Waals surface area contributed by atoms with Crippen LogP contribution in [0.1, 0.15) is 13.8 Å². The van der Waals surface area contributed by atoms with Crippen LogP contribution in [0, 0.1) is 0 Å². The van der Waals surface area contributed by atoms with Gasteiger partial charge in [0, 0.05) is 31.6 Å². The van der Waals surface area contributed by atoms with E-state index in [4.69, 9.17) is 11.6 Å². The lowest BCUT2D eigenvalue weighted by Gasteiger charge is -2.36. The first-order chi connectivity index (χ1) is 12.1. The molecule has 1 fully saturated rings. The average molecular weight is 361 g/mol. The van der Waals surface area contributed by atoms with Crippen molar-refractivity contribution in [3.05, 3.63) is 35.5 Å². The van der Waals surface area contributed by atoms with Crippen molar-refractivity contribution in [2.24, 2.45) is 0 Å². The van der Waals surface area contributed by atoms with Crippen molar-refractivity contribution < 1.29 is 4.79 Å². The van der Waals surface area contributed by atoms with Crippen molar-refractivity contribution in [1.29, 1.82) is 0 Å². The van der Waals surface area contributed by atoms with E-state index in [1.165, 1.54) is 0 Å². The summed E-state index contributed by atoms with van der Waals surface area (Å²) < 4.78 is 0. The summed E-state index contributed by atoms with van der Waals surface area (Å²) >= 11 is 6.34. The molecule has 0 atom stereocenters. The summed E-state index contributed by atoms with van der Waals surface area (Å²) in [6, 6.07) is 10.1. The highest BCUT2D eigenvalue weighted by molar-refractivity contribution is 6.34. The highest BCUT2D eigenvalue weighted by atomic mass is 35.5. The van der Waals surface area contributed by atoms with E-state index in [0.717, 1.165) is 55.9 Å². The van der Waals surface area contributed by atoms with Gasteiger partial charge in [0.05, 0.1) is 6.54 Å². The summed E-state index contributed by atoms with van der Waals surface area (Å²) in [6.07, 6.45) is 0. The van der Waals surface area contributed by atoms with E-state index in [9.17, 15) is 4.79 Å². The molecule has 0 bridgehead atoms. The van der Waals surface area contributed by atoms with Crippen LogP contribution in [0.2, 0.25) is 5.15 Å². The predicted octanol–water partition coefficient (Wildman–Crippen LogP) is 2.88. The second-order valence-electron chi connectivity index (χ2n) is 6.32. The molecular formula is C19H25ClN4O. The Balaban J connectivity index is 1.65. The molecule has 1 amide bonds. The molecule has 2 aromatic rings. The van der Waals surface area contributed by atoms with Gasteiger partial charge in [0.1, 0.15) is 11.0 Å². The Labute approximate surface area is 154 Å². The largest absolute Gasteiger partial charge is 0.353 e. The van der Waals surface area contributed by atoms with Crippen molar-refractivity contribution in [2.75, 3.05) is 50.7 Å². The molecule has 1 aromatic carbocycles. The Morgan fingerprint density at radius 1 is 1.16 bits per heavy atom. The van der Waals surface area contributed by atoms with E-state index >= 15 is 0 Å². The van der Waals surface area contributed by atoms with E-state index in [2.05, 4.69) is 40.8 Å². The Bertz CT molecular complexity index is 739. The van der Waals surface area contributed by atoms with Gasteiger partial charge in [0.25, 0.3) is 0 Å². The minimum Gasteiger partial charge on any atom is -0.353 e. The number of halogens is 1. The molecule has 1 saturated heterocycles. The molecule has 1 aliphatic rings. The maximum Gasteiger partial charge on any atom is 0.236 e. The number of hydrogen-bond donors (Lipinski definition) is 0. The van der Waals surface area contributed by atoms with Crippen molar-refractivity contribution in [3.8, 4) is 0 Å². The molecule has 2 heterocycles. The zero-order chi connectivity index (χ0) is 17.8. The zero-order valence-corrected chi connectivity index (χ0v) is 15.7. The average Bonchev–Trinajstić information content (AvgIpc) is 2.66. The number of rotatable bonds is 5. The third kappa shape index (κ3) is 4.05. The number of benzene rings is 1. The maximum atomic E-state index is 12.4.